The molecule has 3 atom stereocenters. The number of unbranched alkanes of at least 4 members (excludes halogenated alkanes) is 3. The molecule has 1 aromatic rings. The Hall–Kier alpha value is -0.466. The van der Waals surface area contributed by atoms with Crippen molar-refractivity contribution in [3.05, 3.63) is 48.2 Å². The van der Waals surface area contributed by atoms with E-state index in [2.05, 4.69) is 35.7 Å². The van der Waals surface area contributed by atoms with Crippen molar-refractivity contribution in [3.63, 3.8) is 0 Å². The van der Waals surface area contributed by atoms with Gasteiger partial charge in [0.25, 0.3) is 0 Å². The zero-order chi connectivity index (χ0) is 18.8. The first-order chi connectivity index (χ1) is 12.7. The standard InChI is InChI=1S/C22H33N2O2.Y/c1-4-6-8-9-22(25)18-10-12-19(13-11-18)24-15-14-20(23-3)21(24)17-26-16-7-5-2;/h10-13,20-22,25H,2,4-9,14-17H2,1H3;/q-1;. The van der Waals surface area contributed by atoms with Crippen LogP contribution in [0.5, 0.6) is 0 Å². The fraction of sp³-hybridized carbons (Fsp3) is 0.636. The molecule has 0 spiro atoms. The molecule has 1 fully saturated rings. The molecule has 2 rings (SSSR count). The predicted molar refractivity (Wildman–Crippen MR) is 107 cm³/mol. The predicted octanol–water partition coefficient (Wildman–Crippen LogP) is 4.80. The number of rotatable bonds is 11. The molecule has 1 aromatic carbocycles. The Morgan fingerprint density at radius 1 is 1.30 bits per heavy atom. The third kappa shape index (κ3) is 7.46. The van der Waals surface area contributed by atoms with Crippen molar-refractivity contribution in [2.45, 2.75) is 70.1 Å². The van der Waals surface area contributed by atoms with Crippen LogP contribution in [-0.4, -0.2) is 36.9 Å². The first-order valence-electron chi connectivity index (χ1n) is 9.99. The van der Waals surface area contributed by atoms with Crippen LogP contribution in [-0.2, 0) is 37.4 Å². The molecular formula is C22H33N2O2Y-. The molecule has 1 N–H and O–H groups in total. The summed E-state index contributed by atoms with van der Waals surface area (Å²) in [7, 11) is 0. The van der Waals surface area contributed by atoms with E-state index in [1.807, 2.05) is 12.1 Å². The number of hydrogen-bond acceptors (Lipinski definition) is 3. The van der Waals surface area contributed by atoms with Crippen molar-refractivity contribution in [2.24, 2.45) is 0 Å². The summed E-state index contributed by atoms with van der Waals surface area (Å²) in [6.07, 6.45) is 6.55. The maximum Gasteiger partial charge on any atom is 0.247 e. The van der Waals surface area contributed by atoms with Crippen LogP contribution in [0.3, 0.4) is 0 Å². The molecule has 0 amide bonds. The molecule has 1 saturated heterocycles. The van der Waals surface area contributed by atoms with Crippen LogP contribution in [0.1, 0.15) is 63.5 Å². The second-order valence-corrected chi connectivity index (χ2v) is 7.13. The minimum Gasteiger partial charge on any atom is -0.388 e. The largest absolute Gasteiger partial charge is 0.388 e. The first kappa shape index (κ1) is 24.6. The van der Waals surface area contributed by atoms with Crippen molar-refractivity contribution in [3.8, 4) is 0 Å². The normalized spacial score (nSPS) is 20.1. The van der Waals surface area contributed by atoms with Gasteiger partial charge in [0.15, 0.2) is 0 Å². The Morgan fingerprint density at radius 2 is 2.04 bits per heavy atom. The van der Waals surface area contributed by atoms with Crippen molar-refractivity contribution < 1.29 is 42.6 Å². The number of nitrogens with zero attached hydrogens (tertiary/aromatic N) is 2. The molecule has 0 aromatic heterocycles. The summed E-state index contributed by atoms with van der Waals surface area (Å²) < 4.78 is 5.79. The minimum absolute atomic E-state index is 0. The molecule has 1 aliphatic heterocycles. The Balaban J connectivity index is 0.00000364. The number of ether oxygens (including phenoxy) is 1. The van der Waals surface area contributed by atoms with E-state index in [1.165, 1.54) is 6.42 Å². The van der Waals surface area contributed by atoms with E-state index in [4.69, 9.17) is 11.3 Å². The van der Waals surface area contributed by atoms with Gasteiger partial charge in [-0.2, -0.15) is 6.42 Å². The zero-order valence-corrected chi connectivity index (χ0v) is 19.5. The number of benzene rings is 1. The molecule has 1 aliphatic rings. The average Bonchev–Trinajstić information content (AvgIpc) is 3.08. The second kappa shape index (κ2) is 13.7. The van der Waals surface area contributed by atoms with Crippen LogP contribution in [0.25, 0.3) is 4.85 Å². The molecule has 1 radical (unpaired) electrons. The first-order valence-corrected chi connectivity index (χ1v) is 9.99. The fourth-order valence-electron chi connectivity index (χ4n) is 3.56. The van der Waals surface area contributed by atoms with Crippen molar-refractivity contribution >= 4 is 5.69 Å². The van der Waals surface area contributed by atoms with Gasteiger partial charge in [-0.1, -0.05) is 44.7 Å². The zero-order valence-electron chi connectivity index (χ0n) is 16.6. The van der Waals surface area contributed by atoms with Crippen LogP contribution in [0.15, 0.2) is 24.3 Å². The molecule has 3 unspecified atom stereocenters. The molecule has 0 aliphatic carbocycles. The van der Waals surface area contributed by atoms with Gasteiger partial charge in [0.2, 0.25) is 6.04 Å². The van der Waals surface area contributed by atoms with E-state index >= 15 is 0 Å². The van der Waals surface area contributed by atoms with Gasteiger partial charge in [0.1, 0.15) is 6.04 Å². The summed E-state index contributed by atoms with van der Waals surface area (Å²) in [4.78, 5) is 6.10. The molecule has 5 heteroatoms. The van der Waals surface area contributed by atoms with E-state index < -0.39 is 0 Å². The third-order valence-electron chi connectivity index (χ3n) is 5.19. The van der Waals surface area contributed by atoms with Crippen molar-refractivity contribution in [1.29, 1.82) is 0 Å². The number of aliphatic hydroxyl groups excluding tert-OH is 1. The number of anilines is 1. The van der Waals surface area contributed by atoms with Gasteiger partial charge in [0.05, 0.1) is 12.7 Å². The van der Waals surface area contributed by atoms with E-state index in [-0.39, 0.29) is 50.9 Å². The molecule has 147 valence electrons. The van der Waals surface area contributed by atoms with E-state index in [9.17, 15) is 5.11 Å². The molecule has 27 heavy (non-hydrogen) atoms. The van der Waals surface area contributed by atoms with Crippen molar-refractivity contribution in [2.75, 3.05) is 24.7 Å². The minimum atomic E-state index is -0.382. The third-order valence-corrected chi connectivity index (χ3v) is 5.19. The maximum absolute atomic E-state index is 10.3. The van der Waals surface area contributed by atoms with Crippen LogP contribution in [0.2, 0.25) is 0 Å². The monoisotopic (exact) mass is 446 g/mol. The van der Waals surface area contributed by atoms with Gasteiger partial charge in [-0.3, -0.25) is 0 Å². The molecule has 4 nitrogen and oxygen atoms in total. The van der Waals surface area contributed by atoms with Gasteiger partial charge in [0, 0.05) is 58.0 Å². The quantitative estimate of drug-likeness (QED) is 0.392. The SMILES string of the molecule is [C-]#[N+]C1CCN(c2ccc(C(O)CCCCC)cc2)C1COCCC[CH2-].[Y]. The topological polar surface area (TPSA) is 37.1 Å². The summed E-state index contributed by atoms with van der Waals surface area (Å²) in [6, 6.07) is 8.31. The van der Waals surface area contributed by atoms with Crippen LogP contribution < -0.4 is 4.90 Å². The van der Waals surface area contributed by atoms with Crippen LogP contribution in [0, 0.1) is 13.5 Å². The average molecular weight is 446 g/mol. The van der Waals surface area contributed by atoms with Gasteiger partial charge < -0.3 is 26.5 Å². The Kier molecular flexibility index (Phi) is 12.4. The Labute approximate surface area is 190 Å². The second-order valence-electron chi connectivity index (χ2n) is 7.13. The molecule has 0 bridgehead atoms. The maximum atomic E-state index is 10.3. The van der Waals surface area contributed by atoms with Gasteiger partial charge >= 0.3 is 0 Å². The van der Waals surface area contributed by atoms with Gasteiger partial charge in [-0.15, -0.1) is 0 Å². The van der Waals surface area contributed by atoms with E-state index in [0.29, 0.717) is 13.2 Å². The summed E-state index contributed by atoms with van der Waals surface area (Å²) in [6.45, 7) is 15.7. The van der Waals surface area contributed by atoms with E-state index in [0.717, 1.165) is 56.3 Å². The van der Waals surface area contributed by atoms with E-state index in [1.54, 1.807) is 0 Å². The van der Waals surface area contributed by atoms with Crippen molar-refractivity contribution in [1.82, 2.24) is 0 Å². The summed E-state index contributed by atoms with van der Waals surface area (Å²) in [5.74, 6) is 0. The fourth-order valence-corrected chi connectivity index (χ4v) is 3.56. The number of hydrogen-bond donors (Lipinski definition) is 1. The van der Waals surface area contributed by atoms with Crippen LogP contribution in [0.4, 0.5) is 5.69 Å². The number of aliphatic hydroxyl groups is 1. The van der Waals surface area contributed by atoms with Gasteiger partial charge in [-0.05, 0) is 24.1 Å². The summed E-state index contributed by atoms with van der Waals surface area (Å²) in [5.41, 5.74) is 2.10. The smallest absolute Gasteiger partial charge is 0.247 e. The van der Waals surface area contributed by atoms with Gasteiger partial charge in [-0.25, -0.2) is 6.57 Å². The Morgan fingerprint density at radius 3 is 2.67 bits per heavy atom. The molecular weight excluding hydrogens is 413 g/mol. The summed E-state index contributed by atoms with van der Waals surface area (Å²) in [5, 5.41) is 10.3. The molecule has 1 heterocycles. The van der Waals surface area contributed by atoms with Crippen LogP contribution >= 0.6 is 0 Å². The summed E-state index contributed by atoms with van der Waals surface area (Å²) >= 11 is 0. The molecule has 0 saturated carbocycles. The Bertz CT molecular complexity index is 558.